The van der Waals surface area contributed by atoms with Gasteiger partial charge in [-0.3, -0.25) is 10.1 Å². The summed E-state index contributed by atoms with van der Waals surface area (Å²) in [5.41, 5.74) is 1.06. The molecule has 1 aromatic heterocycles. The van der Waals surface area contributed by atoms with Crippen molar-refractivity contribution in [1.82, 2.24) is 15.5 Å². The van der Waals surface area contributed by atoms with Crippen molar-refractivity contribution in [2.24, 2.45) is 0 Å². The van der Waals surface area contributed by atoms with Crippen LogP contribution in [0.25, 0.3) is 0 Å². The molecule has 2 heterocycles. The van der Waals surface area contributed by atoms with E-state index in [0.717, 1.165) is 17.1 Å². The molecule has 1 amide bonds. The number of morpholine rings is 1. The Morgan fingerprint density at radius 2 is 2.41 bits per heavy atom. The van der Waals surface area contributed by atoms with E-state index in [2.05, 4.69) is 20.8 Å². The second kappa shape index (κ2) is 7.15. The standard InChI is InChI=1S/C14H15ClN4O2S/c15-10-3-1-2-9(6-10)7-12-18-19-14(22-12)17-13(20)11-8-16-4-5-21-11/h1-3,6,11,16H,4-5,7-8H2,(H,17,19,20). The summed E-state index contributed by atoms with van der Waals surface area (Å²) in [5, 5.41) is 15.9. The number of ether oxygens (including phenoxy) is 1. The molecule has 0 aliphatic carbocycles. The summed E-state index contributed by atoms with van der Waals surface area (Å²) in [6, 6.07) is 7.60. The van der Waals surface area contributed by atoms with Crippen molar-refractivity contribution in [2.75, 3.05) is 25.0 Å². The molecule has 1 fully saturated rings. The van der Waals surface area contributed by atoms with Crippen LogP contribution < -0.4 is 10.6 Å². The van der Waals surface area contributed by atoms with E-state index in [0.29, 0.717) is 29.7 Å². The van der Waals surface area contributed by atoms with Crippen LogP contribution in [0.4, 0.5) is 5.13 Å². The van der Waals surface area contributed by atoms with E-state index in [1.54, 1.807) is 0 Å². The Labute approximate surface area is 136 Å². The summed E-state index contributed by atoms with van der Waals surface area (Å²) in [7, 11) is 0. The molecule has 1 aliphatic rings. The van der Waals surface area contributed by atoms with Crippen molar-refractivity contribution in [1.29, 1.82) is 0 Å². The maximum absolute atomic E-state index is 12.0. The fraction of sp³-hybridized carbons (Fsp3) is 0.357. The number of hydrogen-bond donors (Lipinski definition) is 2. The highest BCUT2D eigenvalue weighted by molar-refractivity contribution is 7.15. The van der Waals surface area contributed by atoms with Gasteiger partial charge in [-0.1, -0.05) is 35.1 Å². The number of carbonyl (C=O) groups excluding carboxylic acids is 1. The quantitative estimate of drug-likeness (QED) is 0.887. The Balaban J connectivity index is 1.60. The Hall–Kier alpha value is -1.54. The lowest BCUT2D eigenvalue weighted by atomic mass is 10.2. The molecular formula is C14H15ClN4O2S. The van der Waals surface area contributed by atoms with Crippen molar-refractivity contribution in [3.8, 4) is 0 Å². The van der Waals surface area contributed by atoms with Gasteiger partial charge in [-0.2, -0.15) is 0 Å². The second-order valence-corrected chi connectivity index (χ2v) is 6.36. The zero-order valence-electron chi connectivity index (χ0n) is 11.7. The molecule has 0 bridgehead atoms. The van der Waals surface area contributed by atoms with Crippen molar-refractivity contribution in [3.63, 3.8) is 0 Å². The summed E-state index contributed by atoms with van der Waals surface area (Å²) in [6.07, 6.45) is 0.157. The van der Waals surface area contributed by atoms with Crippen LogP contribution in [0, 0.1) is 0 Å². The number of amides is 1. The van der Waals surface area contributed by atoms with Gasteiger partial charge in [0.2, 0.25) is 5.13 Å². The molecule has 0 saturated carbocycles. The highest BCUT2D eigenvalue weighted by Gasteiger charge is 2.22. The summed E-state index contributed by atoms with van der Waals surface area (Å²) in [5.74, 6) is -0.197. The zero-order valence-corrected chi connectivity index (χ0v) is 13.3. The van der Waals surface area contributed by atoms with Gasteiger partial charge in [0, 0.05) is 24.5 Å². The Morgan fingerprint density at radius 3 is 3.18 bits per heavy atom. The molecule has 2 N–H and O–H groups in total. The summed E-state index contributed by atoms with van der Waals surface area (Å²) in [4.78, 5) is 12.0. The van der Waals surface area contributed by atoms with Gasteiger partial charge in [0.1, 0.15) is 11.1 Å². The van der Waals surface area contributed by atoms with E-state index in [-0.39, 0.29) is 5.91 Å². The largest absolute Gasteiger partial charge is 0.366 e. The smallest absolute Gasteiger partial charge is 0.256 e. The van der Waals surface area contributed by atoms with Crippen molar-refractivity contribution in [2.45, 2.75) is 12.5 Å². The molecule has 0 spiro atoms. The normalized spacial score (nSPS) is 18.1. The molecule has 8 heteroatoms. The first-order chi connectivity index (χ1) is 10.7. The molecule has 1 atom stereocenters. The number of rotatable bonds is 4. The van der Waals surface area contributed by atoms with E-state index in [1.165, 1.54) is 11.3 Å². The lowest BCUT2D eigenvalue weighted by Crippen LogP contribution is -2.45. The van der Waals surface area contributed by atoms with Gasteiger partial charge in [0.15, 0.2) is 0 Å². The van der Waals surface area contributed by atoms with Crippen molar-refractivity contribution in [3.05, 3.63) is 39.9 Å². The third-order valence-corrected chi connectivity index (χ3v) is 4.24. The van der Waals surface area contributed by atoms with E-state index in [4.69, 9.17) is 16.3 Å². The monoisotopic (exact) mass is 338 g/mol. The summed E-state index contributed by atoms with van der Waals surface area (Å²) in [6.45, 7) is 1.82. The molecule has 1 aromatic carbocycles. The predicted octanol–water partition coefficient (Wildman–Crippen LogP) is 1.71. The van der Waals surface area contributed by atoms with Crippen molar-refractivity contribution < 1.29 is 9.53 Å². The number of halogens is 1. The zero-order chi connectivity index (χ0) is 15.4. The first-order valence-corrected chi connectivity index (χ1v) is 8.10. The minimum absolute atomic E-state index is 0.197. The van der Waals surface area contributed by atoms with Crippen LogP contribution in [-0.4, -0.2) is 41.9 Å². The average molecular weight is 339 g/mol. The van der Waals surface area contributed by atoms with Crippen LogP contribution in [0.2, 0.25) is 5.02 Å². The SMILES string of the molecule is O=C(Nc1nnc(Cc2cccc(Cl)c2)s1)C1CNCCO1. The number of aromatic nitrogens is 2. The predicted molar refractivity (Wildman–Crippen MR) is 85.4 cm³/mol. The van der Waals surface area contributed by atoms with Crippen LogP contribution in [0.3, 0.4) is 0 Å². The molecule has 6 nitrogen and oxygen atoms in total. The fourth-order valence-corrected chi connectivity index (χ4v) is 3.11. The maximum atomic E-state index is 12.0. The molecule has 1 saturated heterocycles. The molecule has 22 heavy (non-hydrogen) atoms. The number of carbonyl (C=O) groups is 1. The Kier molecular flexibility index (Phi) is 4.99. The number of benzene rings is 1. The van der Waals surface area contributed by atoms with Crippen LogP contribution in [0.15, 0.2) is 24.3 Å². The molecule has 1 aliphatic heterocycles. The van der Waals surface area contributed by atoms with Crippen LogP contribution in [0.1, 0.15) is 10.6 Å². The van der Waals surface area contributed by atoms with Gasteiger partial charge in [0.25, 0.3) is 5.91 Å². The number of hydrogen-bond acceptors (Lipinski definition) is 6. The third kappa shape index (κ3) is 4.01. The highest BCUT2D eigenvalue weighted by atomic mass is 35.5. The molecule has 3 rings (SSSR count). The van der Waals surface area contributed by atoms with Gasteiger partial charge in [-0.15, -0.1) is 10.2 Å². The highest BCUT2D eigenvalue weighted by Crippen LogP contribution is 2.20. The number of nitrogens with one attached hydrogen (secondary N) is 2. The van der Waals surface area contributed by atoms with Gasteiger partial charge < -0.3 is 10.1 Å². The van der Waals surface area contributed by atoms with Gasteiger partial charge in [-0.05, 0) is 17.7 Å². The fourth-order valence-electron chi connectivity index (χ4n) is 2.12. The number of nitrogens with zero attached hydrogens (tertiary/aromatic N) is 2. The van der Waals surface area contributed by atoms with E-state index in [9.17, 15) is 4.79 Å². The lowest BCUT2D eigenvalue weighted by Gasteiger charge is -2.21. The summed E-state index contributed by atoms with van der Waals surface area (Å²) >= 11 is 7.31. The van der Waals surface area contributed by atoms with Crippen LogP contribution in [0.5, 0.6) is 0 Å². The first-order valence-electron chi connectivity index (χ1n) is 6.91. The minimum atomic E-state index is -0.478. The Morgan fingerprint density at radius 1 is 1.50 bits per heavy atom. The maximum Gasteiger partial charge on any atom is 0.256 e. The topological polar surface area (TPSA) is 76.1 Å². The lowest BCUT2D eigenvalue weighted by molar-refractivity contribution is -0.128. The molecule has 0 radical (unpaired) electrons. The molecule has 116 valence electrons. The van der Waals surface area contributed by atoms with Crippen LogP contribution in [-0.2, 0) is 16.0 Å². The van der Waals surface area contributed by atoms with E-state index in [1.807, 2.05) is 24.3 Å². The summed E-state index contributed by atoms with van der Waals surface area (Å²) < 4.78 is 5.39. The molecular weight excluding hydrogens is 324 g/mol. The second-order valence-electron chi connectivity index (χ2n) is 4.86. The van der Waals surface area contributed by atoms with E-state index < -0.39 is 6.10 Å². The van der Waals surface area contributed by atoms with Crippen molar-refractivity contribution >= 4 is 34.0 Å². The van der Waals surface area contributed by atoms with Gasteiger partial charge >= 0.3 is 0 Å². The van der Waals surface area contributed by atoms with E-state index >= 15 is 0 Å². The van der Waals surface area contributed by atoms with Gasteiger partial charge in [0.05, 0.1) is 6.61 Å². The molecule has 1 unspecified atom stereocenters. The minimum Gasteiger partial charge on any atom is -0.366 e. The first kappa shape index (κ1) is 15.4. The Bertz CT molecular complexity index is 658. The van der Waals surface area contributed by atoms with Crippen LogP contribution >= 0.6 is 22.9 Å². The van der Waals surface area contributed by atoms with Gasteiger partial charge in [-0.25, -0.2) is 0 Å². The third-order valence-electron chi connectivity index (χ3n) is 3.16. The number of anilines is 1. The molecule has 2 aromatic rings. The average Bonchev–Trinajstić information content (AvgIpc) is 2.95.